The van der Waals surface area contributed by atoms with Crippen molar-refractivity contribution in [3.05, 3.63) is 12.7 Å². The highest BCUT2D eigenvalue weighted by molar-refractivity contribution is 7.19. The van der Waals surface area contributed by atoms with Gasteiger partial charge in [-0.15, -0.1) is 15.8 Å². The SMILES string of the molecule is C=CC(P)(C(C)(C)C)C(C)(C)C. The molecule has 1 atom stereocenters. The van der Waals surface area contributed by atoms with Crippen molar-refractivity contribution in [3.63, 3.8) is 0 Å². The molecular weight excluding hydrogens is 163 g/mol. The highest BCUT2D eigenvalue weighted by Crippen LogP contribution is 2.51. The standard InChI is InChI=1S/C11H23P/c1-8-11(12,9(2,3)4)10(5,6)7/h8H,1,12H2,2-7H3. The quantitative estimate of drug-likeness (QED) is 0.430. The van der Waals surface area contributed by atoms with Crippen molar-refractivity contribution in [1.29, 1.82) is 0 Å². The Balaban J connectivity index is 5.09. The third-order valence-electron chi connectivity index (χ3n) is 2.80. The lowest BCUT2D eigenvalue weighted by molar-refractivity contribution is 0.184. The van der Waals surface area contributed by atoms with Crippen molar-refractivity contribution < 1.29 is 0 Å². The van der Waals surface area contributed by atoms with Gasteiger partial charge >= 0.3 is 0 Å². The van der Waals surface area contributed by atoms with Crippen molar-refractivity contribution in [1.82, 2.24) is 0 Å². The third-order valence-corrected chi connectivity index (χ3v) is 4.77. The fraction of sp³-hybridized carbons (Fsp3) is 0.818. The molecule has 12 heavy (non-hydrogen) atoms. The zero-order chi connectivity index (χ0) is 10.2. The summed E-state index contributed by atoms with van der Waals surface area (Å²) in [6.07, 6.45) is 2.07. The van der Waals surface area contributed by atoms with Crippen molar-refractivity contribution in [2.45, 2.75) is 46.7 Å². The third kappa shape index (κ3) is 1.91. The lowest BCUT2D eigenvalue weighted by atomic mass is 9.66. The second-order valence-electron chi connectivity index (χ2n) is 5.57. The molecule has 0 saturated heterocycles. The molecule has 0 aromatic heterocycles. The first-order chi connectivity index (χ1) is 5.06. The number of rotatable bonds is 1. The maximum atomic E-state index is 3.94. The second-order valence-corrected chi connectivity index (χ2v) is 6.48. The van der Waals surface area contributed by atoms with Gasteiger partial charge in [-0.1, -0.05) is 47.6 Å². The summed E-state index contributed by atoms with van der Waals surface area (Å²) in [7, 11) is 2.97. The molecule has 72 valence electrons. The molecule has 0 radical (unpaired) electrons. The maximum absolute atomic E-state index is 3.94. The zero-order valence-corrected chi connectivity index (χ0v) is 10.5. The molecule has 0 aliphatic rings. The highest BCUT2D eigenvalue weighted by atomic mass is 31.0. The summed E-state index contributed by atoms with van der Waals surface area (Å²) in [6, 6.07) is 0. The lowest BCUT2D eigenvalue weighted by Gasteiger charge is -2.49. The minimum Gasteiger partial charge on any atom is -0.126 e. The molecule has 0 aliphatic heterocycles. The van der Waals surface area contributed by atoms with Crippen LogP contribution in [-0.2, 0) is 0 Å². The minimum atomic E-state index is 0.0972. The van der Waals surface area contributed by atoms with E-state index in [1.165, 1.54) is 0 Å². The van der Waals surface area contributed by atoms with Gasteiger partial charge in [-0.2, -0.15) is 0 Å². The van der Waals surface area contributed by atoms with Gasteiger partial charge in [0.2, 0.25) is 0 Å². The summed E-state index contributed by atoms with van der Waals surface area (Å²) >= 11 is 0. The molecule has 0 heterocycles. The van der Waals surface area contributed by atoms with Crippen LogP contribution in [-0.4, -0.2) is 5.16 Å². The topological polar surface area (TPSA) is 0 Å². The first-order valence-electron chi connectivity index (χ1n) is 4.49. The first kappa shape index (κ1) is 12.2. The Hall–Kier alpha value is 0.170. The Bertz CT molecular complexity index is 152. The monoisotopic (exact) mass is 186 g/mol. The summed E-state index contributed by atoms with van der Waals surface area (Å²) in [5, 5.41) is 0.0972. The normalized spacial score (nSPS) is 14.6. The minimum absolute atomic E-state index is 0.0972. The van der Waals surface area contributed by atoms with Crippen LogP contribution in [0.4, 0.5) is 0 Å². The van der Waals surface area contributed by atoms with Crippen LogP contribution < -0.4 is 0 Å². The average molecular weight is 186 g/mol. The molecule has 1 unspecified atom stereocenters. The Labute approximate surface area is 80.0 Å². The molecule has 0 nitrogen and oxygen atoms in total. The van der Waals surface area contributed by atoms with Gasteiger partial charge in [0, 0.05) is 5.16 Å². The zero-order valence-electron chi connectivity index (χ0n) is 9.36. The van der Waals surface area contributed by atoms with Gasteiger partial charge in [0.05, 0.1) is 0 Å². The molecule has 0 aromatic carbocycles. The van der Waals surface area contributed by atoms with E-state index in [9.17, 15) is 0 Å². The van der Waals surface area contributed by atoms with Crippen LogP contribution in [0.15, 0.2) is 12.7 Å². The van der Waals surface area contributed by atoms with E-state index < -0.39 is 0 Å². The molecular formula is C11H23P. The summed E-state index contributed by atoms with van der Waals surface area (Å²) in [5.41, 5.74) is 0.468. The number of hydrogen-bond donors (Lipinski definition) is 0. The van der Waals surface area contributed by atoms with E-state index in [-0.39, 0.29) is 16.0 Å². The second kappa shape index (κ2) is 3.14. The van der Waals surface area contributed by atoms with E-state index >= 15 is 0 Å². The summed E-state index contributed by atoms with van der Waals surface area (Å²) in [6.45, 7) is 17.5. The van der Waals surface area contributed by atoms with Crippen LogP contribution in [0.2, 0.25) is 0 Å². The fourth-order valence-electron chi connectivity index (χ4n) is 1.74. The fourth-order valence-corrected chi connectivity index (χ4v) is 1.74. The van der Waals surface area contributed by atoms with E-state index in [4.69, 9.17) is 0 Å². The molecule has 0 spiro atoms. The molecule has 0 aromatic rings. The first-order valence-corrected chi connectivity index (χ1v) is 5.06. The predicted molar refractivity (Wildman–Crippen MR) is 61.5 cm³/mol. The van der Waals surface area contributed by atoms with Crippen molar-refractivity contribution in [3.8, 4) is 0 Å². The van der Waals surface area contributed by atoms with E-state index in [1.54, 1.807) is 0 Å². The van der Waals surface area contributed by atoms with Crippen LogP contribution in [0.5, 0.6) is 0 Å². The Kier molecular flexibility index (Phi) is 3.19. The van der Waals surface area contributed by atoms with Crippen molar-refractivity contribution in [2.75, 3.05) is 0 Å². The molecule has 0 N–H and O–H groups in total. The smallest absolute Gasteiger partial charge is 0.0121 e. The van der Waals surface area contributed by atoms with E-state index in [0.29, 0.717) is 0 Å². The van der Waals surface area contributed by atoms with Crippen molar-refractivity contribution >= 4 is 9.24 Å². The van der Waals surface area contributed by atoms with Gasteiger partial charge < -0.3 is 0 Å². The largest absolute Gasteiger partial charge is 0.126 e. The molecule has 0 saturated carbocycles. The van der Waals surface area contributed by atoms with Crippen LogP contribution >= 0.6 is 9.24 Å². The lowest BCUT2D eigenvalue weighted by Crippen LogP contribution is -2.45. The van der Waals surface area contributed by atoms with Crippen LogP contribution in [0.3, 0.4) is 0 Å². The maximum Gasteiger partial charge on any atom is 0.0121 e. The Morgan fingerprint density at radius 1 is 0.917 bits per heavy atom. The van der Waals surface area contributed by atoms with Gasteiger partial charge in [-0.25, -0.2) is 0 Å². The van der Waals surface area contributed by atoms with E-state index in [1.807, 2.05) is 0 Å². The van der Waals surface area contributed by atoms with Gasteiger partial charge in [0.1, 0.15) is 0 Å². The summed E-state index contributed by atoms with van der Waals surface area (Å²) in [4.78, 5) is 0. The molecule has 0 fully saturated rings. The highest BCUT2D eigenvalue weighted by Gasteiger charge is 2.44. The molecule has 0 aliphatic carbocycles. The molecule has 0 amide bonds. The van der Waals surface area contributed by atoms with Gasteiger partial charge in [-0.05, 0) is 10.8 Å². The number of allylic oxidation sites excluding steroid dienone is 1. The Morgan fingerprint density at radius 2 is 1.17 bits per heavy atom. The van der Waals surface area contributed by atoms with E-state index in [0.717, 1.165) is 0 Å². The molecule has 1 heteroatoms. The Morgan fingerprint density at radius 3 is 1.17 bits per heavy atom. The predicted octanol–water partition coefficient (Wildman–Crippen LogP) is 3.88. The van der Waals surface area contributed by atoms with Gasteiger partial charge in [-0.3, -0.25) is 0 Å². The molecule has 0 bridgehead atoms. The summed E-state index contributed by atoms with van der Waals surface area (Å²) in [5.74, 6) is 0. The average Bonchev–Trinajstić information content (AvgIpc) is 1.81. The summed E-state index contributed by atoms with van der Waals surface area (Å²) < 4.78 is 0. The van der Waals surface area contributed by atoms with Gasteiger partial charge in [0.25, 0.3) is 0 Å². The van der Waals surface area contributed by atoms with Crippen molar-refractivity contribution in [2.24, 2.45) is 10.8 Å². The van der Waals surface area contributed by atoms with E-state index in [2.05, 4.69) is 63.4 Å². The van der Waals surface area contributed by atoms with Crippen LogP contribution in [0.1, 0.15) is 41.5 Å². The van der Waals surface area contributed by atoms with Crippen LogP contribution in [0.25, 0.3) is 0 Å². The van der Waals surface area contributed by atoms with Crippen LogP contribution in [0, 0.1) is 10.8 Å². The number of hydrogen-bond acceptors (Lipinski definition) is 0. The van der Waals surface area contributed by atoms with Gasteiger partial charge in [0.15, 0.2) is 0 Å². The molecule has 0 rings (SSSR count).